The molecule has 1 fully saturated rings. The summed E-state index contributed by atoms with van der Waals surface area (Å²) >= 11 is 0. The summed E-state index contributed by atoms with van der Waals surface area (Å²) in [6.07, 6.45) is 7.39. The van der Waals surface area contributed by atoms with E-state index in [-0.39, 0.29) is 17.7 Å². The van der Waals surface area contributed by atoms with Gasteiger partial charge in [0.1, 0.15) is 5.75 Å². The second-order valence-electron chi connectivity index (χ2n) is 8.62. The van der Waals surface area contributed by atoms with Crippen molar-refractivity contribution in [2.24, 2.45) is 0 Å². The molecule has 1 aliphatic heterocycles. The molecule has 0 atom stereocenters. The van der Waals surface area contributed by atoms with Crippen LogP contribution in [0, 0.1) is 0 Å². The van der Waals surface area contributed by atoms with Crippen LogP contribution in [0.15, 0.2) is 42.0 Å². The number of carbonyl (C=O) groups is 2. The standard InChI is InChI=1S/C26H25NO5/c1-32-22-9-5-8-18-20(22)12-17(26(30)31)14-27-21-13-16(25(28)29)10-11-19(21)23(24(18)27)15-6-3-2-4-7-15/h5,8-13,15H,2-4,6-7,14H2,1H3,(H,28,29)(H,30,31). The first-order valence-corrected chi connectivity index (χ1v) is 11.0. The number of benzene rings is 2. The Morgan fingerprint density at radius 1 is 1.03 bits per heavy atom. The van der Waals surface area contributed by atoms with Crippen LogP contribution in [0.1, 0.15) is 59.5 Å². The molecule has 0 unspecified atom stereocenters. The lowest BCUT2D eigenvalue weighted by atomic mass is 9.81. The number of carboxylic acid groups (broad SMARTS) is 2. The third-order valence-electron chi connectivity index (χ3n) is 6.83. The number of ether oxygens (including phenoxy) is 1. The molecule has 0 saturated heterocycles. The summed E-state index contributed by atoms with van der Waals surface area (Å²) in [7, 11) is 1.59. The van der Waals surface area contributed by atoms with Crippen molar-refractivity contribution in [3.05, 3.63) is 58.7 Å². The monoisotopic (exact) mass is 431 g/mol. The van der Waals surface area contributed by atoms with Gasteiger partial charge in [-0.05, 0) is 48.6 Å². The average molecular weight is 431 g/mol. The Labute approximate surface area is 185 Å². The topological polar surface area (TPSA) is 88.8 Å². The Morgan fingerprint density at radius 2 is 1.81 bits per heavy atom. The van der Waals surface area contributed by atoms with Crippen LogP contribution in [0.5, 0.6) is 5.75 Å². The van der Waals surface area contributed by atoms with Crippen molar-refractivity contribution in [3.63, 3.8) is 0 Å². The van der Waals surface area contributed by atoms with E-state index >= 15 is 0 Å². The quantitative estimate of drug-likeness (QED) is 0.566. The van der Waals surface area contributed by atoms with E-state index in [0.29, 0.717) is 11.7 Å². The minimum atomic E-state index is -0.995. The summed E-state index contributed by atoms with van der Waals surface area (Å²) in [5.74, 6) is -1.01. The van der Waals surface area contributed by atoms with Gasteiger partial charge in [-0.1, -0.05) is 37.5 Å². The summed E-state index contributed by atoms with van der Waals surface area (Å²) in [5.41, 5.74) is 5.07. The maximum atomic E-state index is 12.1. The van der Waals surface area contributed by atoms with Crippen LogP contribution in [0.3, 0.4) is 0 Å². The van der Waals surface area contributed by atoms with Gasteiger partial charge in [-0.25, -0.2) is 9.59 Å². The lowest BCUT2D eigenvalue weighted by Crippen LogP contribution is -2.10. The number of hydrogen-bond donors (Lipinski definition) is 2. The first-order chi connectivity index (χ1) is 15.5. The molecule has 1 aliphatic carbocycles. The molecule has 1 aromatic heterocycles. The molecule has 0 amide bonds. The van der Waals surface area contributed by atoms with Gasteiger partial charge in [-0.15, -0.1) is 0 Å². The highest BCUT2D eigenvalue weighted by molar-refractivity contribution is 6.02. The number of nitrogens with zero attached hydrogens (tertiary/aromatic N) is 1. The summed E-state index contributed by atoms with van der Waals surface area (Å²) in [4.78, 5) is 23.8. The van der Waals surface area contributed by atoms with Crippen molar-refractivity contribution in [2.45, 2.75) is 44.6 Å². The largest absolute Gasteiger partial charge is 0.496 e. The van der Waals surface area contributed by atoms with Gasteiger partial charge in [0, 0.05) is 22.0 Å². The SMILES string of the molecule is COc1cccc2c1C=C(C(=O)O)Cn1c-2c(C2CCCCC2)c2ccc(C(=O)O)cc21. The van der Waals surface area contributed by atoms with Gasteiger partial charge < -0.3 is 19.5 Å². The van der Waals surface area contributed by atoms with Gasteiger partial charge in [0.05, 0.1) is 30.5 Å². The van der Waals surface area contributed by atoms with Crippen molar-refractivity contribution in [2.75, 3.05) is 7.11 Å². The smallest absolute Gasteiger partial charge is 0.335 e. The van der Waals surface area contributed by atoms with E-state index in [2.05, 4.69) is 0 Å². The highest BCUT2D eigenvalue weighted by Gasteiger charge is 2.31. The Hall–Kier alpha value is -3.54. The van der Waals surface area contributed by atoms with E-state index < -0.39 is 11.9 Å². The molecular formula is C26H25NO5. The van der Waals surface area contributed by atoms with E-state index in [1.807, 2.05) is 28.8 Å². The number of hydrogen-bond acceptors (Lipinski definition) is 3. The maximum Gasteiger partial charge on any atom is 0.335 e. The highest BCUT2D eigenvalue weighted by atomic mass is 16.5. The molecule has 0 radical (unpaired) electrons. The lowest BCUT2D eigenvalue weighted by Gasteiger charge is -2.24. The number of fused-ring (bicyclic) bond motifs is 5. The van der Waals surface area contributed by atoms with Crippen molar-refractivity contribution >= 4 is 28.9 Å². The van der Waals surface area contributed by atoms with Crippen LogP contribution in [0.2, 0.25) is 0 Å². The van der Waals surface area contributed by atoms with E-state index in [4.69, 9.17) is 4.74 Å². The summed E-state index contributed by atoms with van der Waals surface area (Å²) in [6.45, 7) is 0.162. The fraction of sp³-hybridized carbons (Fsp3) is 0.308. The third-order valence-corrected chi connectivity index (χ3v) is 6.83. The average Bonchev–Trinajstić information content (AvgIpc) is 3.01. The predicted octanol–water partition coefficient (Wildman–Crippen LogP) is 5.54. The van der Waals surface area contributed by atoms with Gasteiger partial charge in [0.25, 0.3) is 0 Å². The Bertz CT molecular complexity index is 1280. The molecule has 2 aromatic carbocycles. The minimum absolute atomic E-state index is 0.162. The zero-order valence-electron chi connectivity index (χ0n) is 17.9. The third kappa shape index (κ3) is 3.18. The molecule has 6 heteroatoms. The summed E-state index contributed by atoms with van der Waals surface area (Å²) in [6, 6.07) is 11.0. The molecule has 32 heavy (non-hydrogen) atoms. The van der Waals surface area contributed by atoms with Crippen molar-refractivity contribution in [1.82, 2.24) is 4.57 Å². The number of methoxy groups -OCH3 is 1. The van der Waals surface area contributed by atoms with Crippen molar-refractivity contribution in [1.29, 1.82) is 0 Å². The molecule has 6 nitrogen and oxygen atoms in total. The Balaban J connectivity index is 1.90. The van der Waals surface area contributed by atoms with Gasteiger partial charge in [0.2, 0.25) is 0 Å². The zero-order chi connectivity index (χ0) is 22.4. The summed E-state index contributed by atoms with van der Waals surface area (Å²) < 4.78 is 7.59. The van der Waals surface area contributed by atoms with Crippen molar-refractivity contribution < 1.29 is 24.5 Å². The molecule has 2 N–H and O–H groups in total. The van der Waals surface area contributed by atoms with Gasteiger partial charge in [-0.3, -0.25) is 0 Å². The molecule has 0 spiro atoms. The number of aromatic nitrogens is 1. The molecule has 3 aromatic rings. The molecule has 2 aliphatic rings. The first kappa shape index (κ1) is 20.4. The molecule has 164 valence electrons. The fourth-order valence-electron chi connectivity index (χ4n) is 5.37. The minimum Gasteiger partial charge on any atom is -0.496 e. The molecule has 5 rings (SSSR count). The zero-order valence-corrected chi connectivity index (χ0v) is 17.9. The van der Waals surface area contributed by atoms with Crippen LogP contribution in [0.4, 0.5) is 0 Å². The molecular weight excluding hydrogens is 406 g/mol. The highest BCUT2D eigenvalue weighted by Crippen LogP contribution is 2.47. The fourth-order valence-corrected chi connectivity index (χ4v) is 5.37. The van der Waals surface area contributed by atoms with Crippen LogP contribution in [-0.2, 0) is 11.3 Å². The number of rotatable bonds is 4. The van der Waals surface area contributed by atoms with Crippen LogP contribution in [0.25, 0.3) is 28.2 Å². The van der Waals surface area contributed by atoms with Crippen LogP contribution in [-0.4, -0.2) is 33.8 Å². The first-order valence-electron chi connectivity index (χ1n) is 11.0. The van der Waals surface area contributed by atoms with Gasteiger partial charge in [0.15, 0.2) is 0 Å². The number of carboxylic acids is 2. The molecule has 0 bridgehead atoms. The van der Waals surface area contributed by atoms with Gasteiger partial charge >= 0.3 is 11.9 Å². The Morgan fingerprint density at radius 3 is 2.50 bits per heavy atom. The second kappa shape index (κ2) is 7.86. The number of aliphatic carboxylic acids is 1. The van der Waals surface area contributed by atoms with E-state index in [1.165, 1.54) is 12.0 Å². The lowest BCUT2D eigenvalue weighted by molar-refractivity contribution is -0.132. The van der Waals surface area contributed by atoms with Gasteiger partial charge in [-0.2, -0.15) is 0 Å². The molecule has 1 saturated carbocycles. The van der Waals surface area contributed by atoms with Crippen LogP contribution >= 0.6 is 0 Å². The van der Waals surface area contributed by atoms with E-state index in [1.54, 1.807) is 25.3 Å². The second-order valence-corrected chi connectivity index (χ2v) is 8.62. The summed E-state index contributed by atoms with van der Waals surface area (Å²) in [5, 5.41) is 20.5. The number of aromatic carboxylic acids is 1. The predicted molar refractivity (Wildman–Crippen MR) is 122 cm³/mol. The molecule has 2 heterocycles. The van der Waals surface area contributed by atoms with E-state index in [9.17, 15) is 19.8 Å². The van der Waals surface area contributed by atoms with E-state index in [0.717, 1.165) is 53.4 Å². The maximum absolute atomic E-state index is 12.1. The Kier molecular flexibility index (Phi) is 5.00. The van der Waals surface area contributed by atoms with Crippen LogP contribution < -0.4 is 4.74 Å². The normalized spacial score (nSPS) is 16.1. The van der Waals surface area contributed by atoms with Crippen molar-refractivity contribution in [3.8, 4) is 17.0 Å².